The quantitative estimate of drug-likeness (QED) is 0.747. The van der Waals surface area contributed by atoms with E-state index in [-0.39, 0.29) is 6.42 Å². The normalized spacial score (nSPS) is 29.5. The number of rotatable bonds is 2. The number of hydrogen-bond acceptors (Lipinski definition) is 4. The molecule has 2 N–H and O–H groups in total. The van der Waals surface area contributed by atoms with Crippen LogP contribution in [0.2, 0.25) is 0 Å². The van der Waals surface area contributed by atoms with Crippen LogP contribution in [0.25, 0.3) is 0 Å². The van der Waals surface area contributed by atoms with Crippen molar-refractivity contribution < 1.29 is 14.2 Å². The predicted octanol–water partition coefficient (Wildman–Crippen LogP) is 0.524. The molecule has 0 bridgehead atoms. The molecular formula is C9H11FN2O3S. The Balaban J connectivity index is 2.27. The van der Waals surface area contributed by atoms with Crippen LogP contribution in [0.3, 0.4) is 0 Å². The molecule has 1 fully saturated rings. The summed E-state index contributed by atoms with van der Waals surface area (Å²) in [5, 5.41) is 8.84. The number of ether oxygens (including phenoxy) is 1. The third-order valence-corrected chi connectivity index (χ3v) is 2.74. The van der Waals surface area contributed by atoms with Gasteiger partial charge in [0.1, 0.15) is 23.1 Å². The molecule has 7 heteroatoms. The van der Waals surface area contributed by atoms with E-state index < -0.39 is 30.8 Å². The Hall–Kier alpha value is -1.05. The Kier molecular flexibility index (Phi) is 3.17. The summed E-state index contributed by atoms with van der Waals surface area (Å²) in [7, 11) is 0. The molecule has 1 aromatic heterocycles. The maximum atomic E-state index is 13.3. The molecule has 2 heterocycles. The van der Waals surface area contributed by atoms with Gasteiger partial charge in [0, 0.05) is 12.6 Å². The summed E-state index contributed by atoms with van der Waals surface area (Å²) in [6, 6.07) is 1.53. The molecule has 1 saturated heterocycles. The molecule has 0 spiro atoms. The minimum absolute atomic E-state index is 0.0513. The van der Waals surface area contributed by atoms with Gasteiger partial charge in [-0.05, 0) is 6.07 Å². The van der Waals surface area contributed by atoms with E-state index in [1.807, 2.05) is 0 Å². The summed E-state index contributed by atoms with van der Waals surface area (Å²) in [4.78, 5) is 13.9. The largest absolute Gasteiger partial charge is 0.394 e. The van der Waals surface area contributed by atoms with E-state index >= 15 is 0 Å². The Morgan fingerprint density at radius 2 is 2.50 bits per heavy atom. The lowest BCUT2D eigenvalue weighted by Gasteiger charge is -2.13. The number of H-pyrrole nitrogens is 1. The lowest BCUT2D eigenvalue weighted by molar-refractivity contribution is -0.0355. The molecule has 1 aliphatic rings. The van der Waals surface area contributed by atoms with Crippen LogP contribution in [0, 0.1) is 4.64 Å². The molecular weight excluding hydrogens is 235 g/mol. The number of aliphatic hydroxyl groups is 1. The van der Waals surface area contributed by atoms with Crippen LogP contribution in [-0.4, -0.2) is 33.5 Å². The predicted molar refractivity (Wildman–Crippen MR) is 56.4 cm³/mol. The molecule has 16 heavy (non-hydrogen) atoms. The third-order valence-electron chi connectivity index (χ3n) is 2.50. The van der Waals surface area contributed by atoms with Gasteiger partial charge in [-0.15, -0.1) is 0 Å². The van der Waals surface area contributed by atoms with Crippen LogP contribution in [-0.2, 0) is 4.74 Å². The van der Waals surface area contributed by atoms with Crippen LogP contribution < -0.4 is 5.69 Å². The van der Waals surface area contributed by atoms with Crippen molar-refractivity contribution in [1.29, 1.82) is 0 Å². The van der Waals surface area contributed by atoms with E-state index in [1.54, 1.807) is 0 Å². The number of aromatic amines is 1. The van der Waals surface area contributed by atoms with E-state index in [4.69, 9.17) is 22.1 Å². The SMILES string of the molecule is O=c1[nH]c(=S)ccn1[C@@H]1C[C@H](F)[C@@H](CO)O1. The molecule has 0 aromatic carbocycles. The van der Waals surface area contributed by atoms with Crippen molar-refractivity contribution in [3.05, 3.63) is 27.4 Å². The van der Waals surface area contributed by atoms with E-state index in [0.29, 0.717) is 4.64 Å². The molecule has 0 amide bonds. The second kappa shape index (κ2) is 4.44. The molecule has 0 saturated carbocycles. The molecule has 3 atom stereocenters. The second-order valence-electron chi connectivity index (χ2n) is 3.58. The van der Waals surface area contributed by atoms with Crippen LogP contribution in [0.15, 0.2) is 17.1 Å². The number of halogens is 1. The van der Waals surface area contributed by atoms with Crippen molar-refractivity contribution >= 4 is 12.2 Å². The molecule has 1 aromatic rings. The third kappa shape index (κ3) is 2.06. The summed E-state index contributed by atoms with van der Waals surface area (Å²) in [5.74, 6) is 0. The smallest absolute Gasteiger partial charge is 0.328 e. The summed E-state index contributed by atoms with van der Waals surface area (Å²) in [6.45, 7) is -0.394. The van der Waals surface area contributed by atoms with Gasteiger partial charge in [0.2, 0.25) is 0 Å². The fraction of sp³-hybridized carbons (Fsp3) is 0.556. The standard InChI is InChI=1S/C9H11FN2O3S/c10-5-3-8(15-6(5)4-13)12-2-1-7(16)11-9(12)14/h1-2,5-6,8,13H,3-4H2,(H,11,14,16)/t5-,6+,8-/m0/s1. The number of nitrogens with one attached hydrogen (secondary N) is 1. The fourth-order valence-corrected chi connectivity index (χ4v) is 1.83. The van der Waals surface area contributed by atoms with E-state index in [0.717, 1.165) is 0 Å². The highest BCUT2D eigenvalue weighted by Crippen LogP contribution is 2.29. The Morgan fingerprint density at radius 1 is 1.75 bits per heavy atom. The lowest BCUT2D eigenvalue weighted by Crippen LogP contribution is -2.27. The van der Waals surface area contributed by atoms with Crippen molar-refractivity contribution in [1.82, 2.24) is 9.55 Å². The molecule has 0 unspecified atom stereocenters. The van der Waals surface area contributed by atoms with Crippen LogP contribution >= 0.6 is 12.2 Å². The van der Waals surface area contributed by atoms with Gasteiger partial charge in [-0.1, -0.05) is 12.2 Å². The number of aliphatic hydroxyl groups excluding tert-OH is 1. The average molecular weight is 246 g/mol. The molecule has 0 radical (unpaired) electrons. The lowest BCUT2D eigenvalue weighted by atomic mass is 10.2. The monoisotopic (exact) mass is 246 g/mol. The first kappa shape index (κ1) is 11.4. The van der Waals surface area contributed by atoms with Gasteiger partial charge >= 0.3 is 5.69 Å². The first-order valence-corrected chi connectivity index (χ1v) is 5.24. The zero-order valence-electron chi connectivity index (χ0n) is 8.30. The van der Waals surface area contributed by atoms with Crippen molar-refractivity contribution in [3.8, 4) is 0 Å². The summed E-state index contributed by atoms with van der Waals surface area (Å²) in [5.41, 5.74) is -0.441. The number of hydrogen-bond donors (Lipinski definition) is 2. The molecule has 5 nitrogen and oxygen atoms in total. The highest BCUT2D eigenvalue weighted by molar-refractivity contribution is 7.71. The van der Waals surface area contributed by atoms with Crippen molar-refractivity contribution in [2.24, 2.45) is 0 Å². The minimum atomic E-state index is -1.26. The van der Waals surface area contributed by atoms with E-state index in [1.165, 1.54) is 16.8 Å². The van der Waals surface area contributed by atoms with Crippen LogP contribution in [0.4, 0.5) is 4.39 Å². The molecule has 2 rings (SSSR count). The first-order chi connectivity index (χ1) is 7.61. The van der Waals surface area contributed by atoms with Gasteiger partial charge in [0.05, 0.1) is 6.61 Å². The maximum absolute atomic E-state index is 13.3. The highest BCUT2D eigenvalue weighted by Gasteiger charge is 2.36. The zero-order chi connectivity index (χ0) is 11.7. The van der Waals surface area contributed by atoms with Gasteiger partial charge < -0.3 is 9.84 Å². The van der Waals surface area contributed by atoms with Crippen LogP contribution in [0.5, 0.6) is 0 Å². The van der Waals surface area contributed by atoms with Crippen molar-refractivity contribution in [2.75, 3.05) is 6.61 Å². The summed E-state index contributed by atoms with van der Waals surface area (Å²) >= 11 is 4.78. The maximum Gasteiger partial charge on any atom is 0.328 e. The van der Waals surface area contributed by atoms with Gasteiger partial charge in [-0.3, -0.25) is 9.55 Å². The minimum Gasteiger partial charge on any atom is -0.394 e. The number of alkyl halides is 1. The fourth-order valence-electron chi connectivity index (χ4n) is 1.68. The Bertz CT molecular complexity index is 486. The molecule has 88 valence electrons. The van der Waals surface area contributed by atoms with Crippen molar-refractivity contribution in [3.63, 3.8) is 0 Å². The van der Waals surface area contributed by atoms with E-state index in [9.17, 15) is 9.18 Å². The first-order valence-electron chi connectivity index (χ1n) is 4.83. The summed E-state index contributed by atoms with van der Waals surface area (Å²) < 4.78 is 20.1. The number of aromatic nitrogens is 2. The molecule has 1 aliphatic heterocycles. The summed E-state index contributed by atoms with van der Waals surface area (Å²) in [6.07, 6.45) is -1.30. The van der Waals surface area contributed by atoms with Gasteiger partial charge in [-0.25, -0.2) is 9.18 Å². The number of nitrogens with zero attached hydrogens (tertiary/aromatic N) is 1. The molecule has 0 aliphatic carbocycles. The van der Waals surface area contributed by atoms with Gasteiger partial charge in [-0.2, -0.15) is 0 Å². The van der Waals surface area contributed by atoms with Crippen molar-refractivity contribution in [2.45, 2.75) is 24.9 Å². The Morgan fingerprint density at radius 3 is 3.06 bits per heavy atom. The topological polar surface area (TPSA) is 67.2 Å². The average Bonchev–Trinajstić information content (AvgIpc) is 2.59. The highest BCUT2D eigenvalue weighted by atomic mass is 32.1. The zero-order valence-corrected chi connectivity index (χ0v) is 9.11. The van der Waals surface area contributed by atoms with E-state index in [2.05, 4.69) is 4.98 Å². The van der Waals surface area contributed by atoms with Gasteiger partial charge in [0.15, 0.2) is 0 Å². The van der Waals surface area contributed by atoms with Gasteiger partial charge in [0.25, 0.3) is 0 Å². The van der Waals surface area contributed by atoms with Crippen LogP contribution in [0.1, 0.15) is 12.6 Å². The Labute approximate surface area is 95.5 Å². The second-order valence-corrected chi connectivity index (χ2v) is 4.02.